The van der Waals surface area contributed by atoms with Crippen molar-refractivity contribution in [3.63, 3.8) is 0 Å². The monoisotopic (exact) mass is 352 g/mol. The Hall–Kier alpha value is -1.70. The molecule has 3 N–H and O–H groups in total. The van der Waals surface area contributed by atoms with Crippen LogP contribution in [0, 0.1) is 5.82 Å². The molecular formula is C18H29FN4O2. The number of aliphatic hydroxyl groups excluding tert-OH is 1. The molecule has 0 aliphatic carbocycles. The van der Waals surface area contributed by atoms with Gasteiger partial charge in [-0.3, -0.25) is 4.90 Å². The van der Waals surface area contributed by atoms with Crippen molar-refractivity contribution in [3.8, 4) is 0 Å². The highest BCUT2D eigenvalue weighted by atomic mass is 19.1. The largest absolute Gasteiger partial charge is 0.394 e. The Balaban J connectivity index is 1.85. The summed E-state index contributed by atoms with van der Waals surface area (Å²) in [7, 11) is 2.11. The van der Waals surface area contributed by atoms with Crippen molar-refractivity contribution in [2.75, 3.05) is 46.4 Å². The van der Waals surface area contributed by atoms with Crippen LogP contribution in [0.25, 0.3) is 0 Å². The SMILES string of the molecule is CN1CCN(C(C)(C)CNC(=O)N[C@@H](CO)c2ccc(F)cc2)CC1. The molecule has 0 aromatic heterocycles. The van der Waals surface area contributed by atoms with Gasteiger partial charge >= 0.3 is 6.03 Å². The smallest absolute Gasteiger partial charge is 0.315 e. The highest BCUT2D eigenvalue weighted by Gasteiger charge is 2.29. The van der Waals surface area contributed by atoms with Gasteiger partial charge in [-0.15, -0.1) is 0 Å². The third-order valence-corrected chi connectivity index (χ3v) is 4.80. The maximum absolute atomic E-state index is 13.0. The second kappa shape index (κ2) is 8.60. The zero-order valence-corrected chi connectivity index (χ0v) is 15.3. The van der Waals surface area contributed by atoms with E-state index in [1.54, 1.807) is 12.1 Å². The van der Waals surface area contributed by atoms with Crippen molar-refractivity contribution in [1.29, 1.82) is 0 Å². The van der Waals surface area contributed by atoms with E-state index < -0.39 is 6.04 Å². The molecule has 1 fully saturated rings. The zero-order valence-electron chi connectivity index (χ0n) is 15.3. The average molecular weight is 352 g/mol. The van der Waals surface area contributed by atoms with Crippen LogP contribution in [0.1, 0.15) is 25.5 Å². The van der Waals surface area contributed by atoms with Gasteiger partial charge in [0.2, 0.25) is 0 Å². The lowest BCUT2D eigenvalue weighted by molar-refractivity contribution is 0.0632. The molecule has 0 saturated carbocycles. The maximum atomic E-state index is 13.0. The molecule has 1 saturated heterocycles. The van der Waals surface area contributed by atoms with Gasteiger partial charge in [-0.25, -0.2) is 9.18 Å². The lowest BCUT2D eigenvalue weighted by Crippen LogP contribution is -2.58. The Kier molecular flexibility index (Phi) is 6.75. The summed E-state index contributed by atoms with van der Waals surface area (Å²) in [4.78, 5) is 16.9. The van der Waals surface area contributed by atoms with Crippen LogP contribution >= 0.6 is 0 Å². The predicted molar refractivity (Wildman–Crippen MR) is 95.9 cm³/mol. The van der Waals surface area contributed by atoms with Crippen LogP contribution in [0.15, 0.2) is 24.3 Å². The molecule has 1 aliphatic rings. The molecule has 2 rings (SSSR count). The van der Waals surface area contributed by atoms with Crippen molar-refractivity contribution in [3.05, 3.63) is 35.6 Å². The van der Waals surface area contributed by atoms with E-state index in [0.29, 0.717) is 12.1 Å². The number of piperazine rings is 1. The minimum absolute atomic E-state index is 0.150. The standard InChI is InChI=1S/C18H29FN4O2/c1-18(2,23-10-8-22(3)9-11-23)13-20-17(25)21-16(12-24)14-4-6-15(19)7-5-14/h4-7,16,24H,8-13H2,1-3H3,(H2,20,21,25)/t16-/m0/s1. The summed E-state index contributed by atoms with van der Waals surface area (Å²) in [5.74, 6) is -0.348. The summed E-state index contributed by atoms with van der Waals surface area (Å²) in [6, 6.07) is 4.84. The van der Waals surface area contributed by atoms with Crippen LogP contribution in [-0.4, -0.2) is 72.9 Å². The number of carbonyl (C=O) groups excluding carboxylic acids is 1. The number of aliphatic hydroxyl groups is 1. The Labute approximate surface area is 149 Å². The van der Waals surface area contributed by atoms with Crippen molar-refractivity contribution in [1.82, 2.24) is 20.4 Å². The van der Waals surface area contributed by atoms with Gasteiger partial charge in [-0.2, -0.15) is 0 Å². The van der Waals surface area contributed by atoms with Crippen LogP contribution in [-0.2, 0) is 0 Å². The van der Waals surface area contributed by atoms with E-state index in [4.69, 9.17) is 0 Å². The van der Waals surface area contributed by atoms with Crippen LogP contribution in [0.4, 0.5) is 9.18 Å². The highest BCUT2D eigenvalue weighted by molar-refractivity contribution is 5.74. The summed E-state index contributed by atoms with van der Waals surface area (Å²) in [5.41, 5.74) is 0.515. The molecule has 1 heterocycles. The number of nitrogens with zero attached hydrogens (tertiary/aromatic N) is 2. The Morgan fingerprint density at radius 3 is 2.40 bits per heavy atom. The van der Waals surface area contributed by atoms with E-state index in [9.17, 15) is 14.3 Å². The molecule has 0 radical (unpaired) electrons. The fourth-order valence-electron chi connectivity index (χ4n) is 2.96. The zero-order chi connectivity index (χ0) is 18.4. The van der Waals surface area contributed by atoms with Crippen molar-refractivity contribution >= 4 is 6.03 Å². The molecule has 6 nitrogen and oxygen atoms in total. The fourth-order valence-corrected chi connectivity index (χ4v) is 2.96. The molecule has 1 aromatic rings. The third kappa shape index (κ3) is 5.66. The number of amides is 2. The number of carbonyl (C=O) groups is 1. The normalized spacial score (nSPS) is 18.0. The van der Waals surface area contributed by atoms with E-state index in [1.165, 1.54) is 12.1 Å². The molecule has 0 unspecified atom stereocenters. The quantitative estimate of drug-likeness (QED) is 0.719. The van der Waals surface area contributed by atoms with E-state index in [-0.39, 0.29) is 24.0 Å². The number of rotatable bonds is 6. The van der Waals surface area contributed by atoms with E-state index in [2.05, 4.69) is 41.3 Å². The maximum Gasteiger partial charge on any atom is 0.315 e. The molecule has 0 spiro atoms. The van der Waals surface area contributed by atoms with Crippen molar-refractivity contribution in [2.24, 2.45) is 0 Å². The number of likely N-dealkylation sites (N-methyl/N-ethyl adjacent to an activating group) is 1. The van der Waals surface area contributed by atoms with E-state index >= 15 is 0 Å². The molecule has 1 aliphatic heterocycles. The van der Waals surface area contributed by atoms with Gasteiger partial charge in [0.05, 0.1) is 12.6 Å². The van der Waals surface area contributed by atoms with Crippen molar-refractivity contribution in [2.45, 2.75) is 25.4 Å². The summed E-state index contributed by atoms with van der Waals surface area (Å²) >= 11 is 0. The van der Waals surface area contributed by atoms with Crippen LogP contribution in [0.3, 0.4) is 0 Å². The minimum Gasteiger partial charge on any atom is -0.394 e. The first-order valence-electron chi connectivity index (χ1n) is 8.66. The summed E-state index contributed by atoms with van der Waals surface area (Å²) < 4.78 is 13.0. The Morgan fingerprint density at radius 2 is 1.84 bits per heavy atom. The number of halogens is 1. The molecule has 1 aromatic carbocycles. The third-order valence-electron chi connectivity index (χ3n) is 4.80. The van der Waals surface area contributed by atoms with Gasteiger partial charge < -0.3 is 20.6 Å². The summed E-state index contributed by atoms with van der Waals surface area (Å²) in [6.45, 7) is 8.47. The molecule has 0 bridgehead atoms. The number of benzene rings is 1. The number of urea groups is 1. The average Bonchev–Trinajstić information content (AvgIpc) is 2.59. The second-order valence-electron chi connectivity index (χ2n) is 7.22. The first kappa shape index (κ1) is 19.6. The Morgan fingerprint density at radius 1 is 1.24 bits per heavy atom. The van der Waals surface area contributed by atoms with Gasteiger partial charge in [-0.1, -0.05) is 12.1 Å². The summed E-state index contributed by atoms with van der Waals surface area (Å²) in [6.07, 6.45) is 0. The molecule has 1 atom stereocenters. The molecular weight excluding hydrogens is 323 g/mol. The molecule has 140 valence electrons. The number of hydrogen-bond acceptors (Lipinski definition) is 4. The number of nitrogens with one attached hydrogen (secondary N) is 2. The minimum atomic E-state index is -0.563. The lowest BCUT2D eigenvalue weighted by Gasteiger charge is -2.43. The van der Waals surface area contributed by atoms with Crippen LogP contribution in [0.2, 0.25) is 0 Å². The molecule has 2 amide bonds. The highest BCUT2D eigenvalue weighted by Crippen LogP contribution is 2.16. The van der Waals surface area contributed by atoms with Gasteiger partial charge in [-0.05, 0) is 38.6 Å². The number of hydrogen-bond donors (Lipinski definition) is 3. The molecule has 25 heavy (non-hydrogen) atoms. The predicted octanol–water partition coefficient (Wildman–Crippen LogP) is 1.18. The first-order valence-corrected chi connectivity index (χ1v) is 8.66. The van der Waals surface area contributed by atoms with E-state index in [1.807, 2.05) is 0 Å². The Bertz CT molecular complexity index is 557. The van der Waals surface area contributed by atoms with E-state index in [0.717, 1.165) is 26.2 Å². The lowest BCUT2D eigenvalue weighted by atomic mass is 10.0. The molecule has 7 heteroatoms. The van der Waals surface area contributed by atoms with Gasteiger partial charge in [0, 0.05) is 38.3 Å². The topological polar surface area (TPSA) is 67.8 Å². The van der Waals surface area contributed by atoms with Crippen LogP contribution < -0.4 is 10.6 Å². The first-order chi connectivity index (χ1) is 11.8. The van der Waals surface area contributed by atoms with Gasteiger partial charge in [0.1, 0.15) is 5.82 Å². The fraction of sp³-hybridized carbons (Fsp3) is 0.611. The summed E-state index contributed by atoms with van der Waals surface area (Å²) in [5, 5.41) is 15.1. The van der Waals surface area contributed by atoms with Crippen molar-refractivity contribution < 1.29 is 14.3 Å². The van der Waals surface area contributed by atoms with Crippen LogP contribution in [0.5, 0.6) is 0 Å². The van der Waals surface area contributed by atoms with Gasteiger partial charge in [0.15, 0.2) is 0 Å². The van der Waals surface area contributed by atoms with Gasteiger partial charge in [0.25, 0.3) is 0 Å². The second-order valence-corrected chi connectivity index (χ2v) is 7.22.